The summed E-state index contributed by atoms with van der Waals surface area (Å²) >= 11 is 0. The first kappa shape index (κ1) is 17.2. The summed E-state index contributed by atoms with van der Waals surface area (Å²) in [6.07, 6.45) is 5.23. The summed E-state index contributed by atoms with van der Waals surface area (Å²) in [5.41, 5.74) is 0. The van der Waals surface area contributed by atoms with Crippen molar-refractivity contribution < 1.29 is 9.59 Å². The van der Waals surface area contributed by atoms with Gasteiger partial charge < -0.3 is 15.5 Å². The molecule has 0 saturated carbocycles. The third kappa shape index (κ3) is 4.09. The average Bonchev–Trinajstić information content (AvgIpc) is 2.92. The molecule has 2 aliphatic heterocycles. The molecule has 2 amide bonds. The summed E-state index contributed by atoms with van der Waals surface area (Å²) in [4.78, 5) is 26.2. The summed E-state index contributed by atoms with van der Waals surface area (Å²) in [7, 11) is 0. The fourth-order valence-corrected chi connectivity index (χ4v) is 2.96. The number of hydrogen-bond acceptors (Lipinski definition) is 3. The van der Waals surface area contributed by atoms with E-state index in [1.807, 2.05) is 4.90 Å². The Kier molecular flexibility index (Phi) is 6.76. The molecule has 0 aromatic carbocycles. The quantitative estimate of drug-likeness (QED) is 0.820. The lowest BCUT2D eigenvalue weighted by Crippen LogP contribution is -2.53. The molecular formula is C14H26ClN3O2. The molecule has 6 heteroatoms. The van der Waals surface area contributed by atoms with Gasteiger partial charge >= 0.3 is 0 Å². The predicted octanol–water partition coefficient (Wildman–Crippen LogP) is 1.07. The van der Waals surface area contributed by atoms with Gasteiger partial charge in [0.25, 0.3) is 0 Å². The molecule has 5 nitrogen and oxygen atoms in total. The maximum absolute atomic E-state index is 12.3. The molecule has 2 rings (SSSR count). The number of nitrogens with one attached hydrogen (secondary N) is 2. The Morgan fingerprint density at radius 2 is 2.00 bits per heavy atom. The Morgan fingerprint density at radius 1 is 1.25 bits per heavy atom. The number of piperidine rings is 1. The van der Waals surface area contributed by atoms with Crippen LogP contribution in [0.15, 0.2) is 0 Å². The minimum Gasteiger partial charge on any atom is -0.343 e. The van der Waals surface area contributed by atoms with Gasteiger partial charge in [-0.15, -0.1) is 12.4 Å². The van der Waals surface area contributed by atoms with Crippen LogP contribution >= 0.6 is 12.4 Å². The maximum Gasteiger partial charge on any atom is 0.245 e. The summed E-state index contributed by atoms with van der Waals surface area (Å²) in [6.45, 7) is 5.59. The molecule has 2 aliphatic rings. The van der Waals surface area contributed by atoms with Crippen molar-refractivity contribution in [3.63, 3.8) is 0 Å². The average molecular weight is 304 g/mol. The van der Waals surface area contributed by atoms with E-state index in [0.717, 1.165) is 38.8 Å². The SMILES string of the molecule is CC(NC(=O)C1CCCN1)C(=O)N1CCCCC1C.Cl. The van der Waals surface area contributed by atoms with E-state index in [0.29, 0.717) is 6.04 Å². The fourth-order valence-electron chi connectivity index (χ4n) is 2.96. The lowest BCUT2D eigenvalue weighted by Gasteiger charge is -2.35. The summed E-state index contributed by atoms with van der Waals surface area (Å²) in [6, 6.07) is -0.241. The van der Waals surface area contributed by atoms with Crippen LogP contribution in [0.5, 0.6) is 0 Å². The second kappa shape index (κ2) is 7.84. The van der Waals surface area contributed by atoms with E-state index >= 15 is 0 Å². The molecular weight excluding hydrogens is 278 g/mol. The van der Waals surface area contributed by atoms with Crippen LogP contribution in [0.1, 0.15) is 46.0 Å². The standard InChI is InChI=1S/C14H25N3O2.ClH/c1-10-6-3-4-9-17(10)14(19)11(2)16-13(18)12-7-5-8-15-12;/h10-12,15H,3-9H2,1-2H3,(H,16,18);1H. The molecule has 3 unspecified atom stereocenters. The van der Waals surface area contributed by atoms with Crippen molar-refractivity contribution in [2.45, 2.75) is 64.1 Å². The number of amides is 2. The minimum absolute atomic E-state index is 0. The molecule has 20 heavy (non-hydrogen) atoms. The van der Waals surface area contributed by atoms with Crippen LogP contribution in [-0.4, -0.2) is 47.9 Å². The third-order valence-corrected chi connectivity index (χ3v) is 4.19. The number of hydrogen-bond donors (Lipinski definition) is 2. The van der Waals surface area contributed by atoms with Gasteiger partial charge in [0.2, 0.25) is 11.8 Å². The molecule has 0 aromatic heterocycles. The van der Waals surface area contributed by atoms with Crippen molar-refractivity contribution in [3.8, 4) is 0 Å². The van der Waals surface area contributed by atoms with E-state index in [-0.39, 0.29) is 30.3 Å². The van der Waals surface area contributed by atoms with E-state index in [2.05, 4.69) is 17.6 Å². The Hall–Kier alpha value is -0.810. The van der Waals surface area contributed by atoms with Crippen molar-refractivity contribution in [2.24, 2.45) is 0 Å². The second-order valence-electron chi connectivity index (χ2n) is 5.76. The first-order valence-corrected chi connectivity index (χ1v) is 7.44. The van der Waals surface area contributed by atoms with E-state index in [1.165, 1.54) is 6.42 Å². The topological polar surface area (TPSA) is 61.4 Å². The zero-order valence-corrected chi connectivity index (χ0v) is 13.2. The monoisotopic (exact) mass is 303 g/mol. The Morgan fingerprint density at radius 3 is 2.60 bits per heavy atom. The number of carbonyl (C=O) groups excluding carboxylic acids is 2. The molecule has 116 valence electrons. The van der Waals surface area contributed by atoms with E-state index in [4.69, 9.17) is 0 Å². The highest BCUT2D eigenvalue weighted by Crippen LogP contribution is 2.17. The largest absolute Gasteiger partial charge is 0.343 e. The van der Waals surface area contributed by atoms with Crippen LogP contribution in [0.3, 0.4) is 0 Å². The van der Waals surface area contributed by atoms with Crippen LogP contribution in [0.4, 0.5) is 0 Å². The number of likely N-dealkylation sites (tertiary alicyclic amines) is 1. The summed E-state index contributed by atoms with van der Waals surface area (Å²) < 4.78 is 0. The molecule has 0 bridgehead atoms. The van der Waals surface area contributed by atoms with Gasteiger partial charge in [-0.2, -0.15) is 0 Å². The molecule has 0 spiro atoms. The minimum atomic E-state index is -0.421. The summed E-state index contributed by atoms with van der Waals surface area (Å²) in [5.74, 6) is 0.0153. The first-order chi connectivity index (χ1) is 9.09. The molecule has 2 N–H and O–H groups in total. The zero-order chi connectivity index (χ0) is 13.8. The molecule has 0 radical (unpaired) electrons. The van der Waals surface area contributed by atoms with Crippen LogP contribution in [0.25, 0.3) is 0 Å². The van der Waals surface area contributed by atoms with Crippen LogP contribution in [0, 0.1) is 0 Å². The normalized spacial score (nSPS) is 27.6. The van der Waals surface area contributed by atoms with Gasteiger partial charge in [0.05, 0.1) is 6.04 Å². The molecule has 3 atom stereocenters. The van der Waals surface area contributed by atoms with E-state index in [9.17, 15) is 9.59 Å². The third-order valence-electron chi connectivity index (χ3n) is 4.19. The number of rotatable bonds is 3. The van der Waals surface area contributed by atoms with Crippen LogP contribution in [-0.2, 0) is 9.59 Å². The summed E-state index contributed by atoms with van der Waals surface area (Å²) in [5, 5.41) is 6.00. The van der Waals surface area contributed by atoms with Gasteiger partial charge in [-0.25, -0.2) is 0 Å². The van der Waals surface area contributed by atoms with Gasteiger partial charge in [0.15, 0.2) is 0 Å². The van der Waals surface area contributed by atoms with Gasteiger partial charge in [-0.05, 0) is 52.5 Å². The van der Waals surface area contributed by atoms with Crippen molar-refractivity contribution in [3.05, 3.63) is 0 Å². The molecule has 2 fully saturated rings. The molecule has 0 aliphatic carbocycles. The smallest absolute Gasteiger partial charge is 0.245 e. The molecule has 0 aromatic rings. The van der Waals surface area contributed by atoms with Gasteiger partial charge in [-0.1, -0.05) is 0 Å². The van der Waals surface area contributed by atoms with Crippen LogP contribution in [0.2, 0.25) is 0 Å². The second-order valence-corrected chi connectivity index (χ2v) is 5.76. The lowest BCUT2D eigenvalue weighted by atomic mass is 10.0. The maximum atomic E-state index is 12.3. The predicted molar refractivity (Wildman–Crippen MR) is 80.9 cm³/mol. The van der Waals surface area contributed by atoms with Crippen molar-refractivity contribution in [1.82, 2.24) is 15.5 Å². The van der Waals surface area contributed by atoms with Crippen molar-refractivity contribution >= 4 is 24.2 Å². The highest BCUT2D eigenvalue weighted by molar-refractivity contribution is 5.89. The van der Waals surface area contributed by atoms with Gasteiger partial charge in [0.1, 0.15) is 6.04 Å². The van der Waals surface area contributed by atoms with Crippen molar-refractivity contribution in [2.75, 3.05) is 13.1 Å². The number of nitrogens with zero attached hydrogens (tertiary/aromatic N) is 1. The van der Waals surface area contributed by atoms with Gasteiger partial charge in [0, 0.05) is 12.6 Å². The van der Waals surface area contributed by atoms with E-state index < -0.39 is 6.04 Å². The van der Waals surface area contributed by atoms with E-state index in [1.54, 1.807) is 6.92 Å². The van der Waals surface area contributed by atoms with Crippen molar-refractivity contribution in [1.29, 1.82) is 0 Å². The van der Waals surface area contributed by atoms with Crippen LogP contribution < -0.4 is 10.6 Å². The molecule has 2 saturated heterocycles. The van der Waals surface area contributed by atoms with Gasteiger partial charge in [-0.3, -0.25) is 9.59 Å². The Balaban J connectivity index is 0.00000200. The highest BCUT2D eigenvalue weighted by Gasteiger charge is 2.30. The Bertz CT molecular complexity index is 345. The zero-order valence-electron chi connectivity index (χ0n) is 12.4. The highest BCUT2D eigenvalue weighted by atomic mass is 35.5. The lowest BCUT2D eigenvalue weighted by molar-refractivity contribution is -0.139. The fraction of sp³-hybridized carbons (Fsp3) is 0.857. The number of carbonyl (C=O) groups is 2. The number of halogens is 1. The molecule has 2 heterocycles. The Labute approximate surface area is 127 Å². The first-order valence-electron chi connectivity index (χ1n) is 7.44.